The smallest absolute Gasteiger partial charge is 0.340 e. The Morgan fingerprint density at radius 3 is 2.64 bits per heavy atom. The summed E-state index contributed by atoms with van der Waals surface area (Å²) in [5, 5.41) is 7.78. The van der Waals surface area contributed by atoms with E-state index >= 15 is 0 Å². The minimum Gasteiger partial charge on any atom is -0.340 e. The van der Waals surface area contributed by atoms with Crippen LogP contribution in [0.25, 0.3) is 16.7 Å². The van der Waals surface area contributed by atoms with Crippen LogP contribution in [0, 0.1) is 0 Å². The minimum atomic E-state index is -4.59. The van der Waals surface area contributed by atoms with Crippen LogP contribution in [-0.2, 0) is 6.18 Å². The Bertz CT molecular complexity index is 1380. The molecule has 11 heteroatoms. The highest BCUT2D eigenvalue weighted by Gasteiger charge is 2.37. The van der Waals surface area contributed by atoms with Crippen molar-refractivity contribution in [2.45, 2.75) is 18.6 Å². The number of likely N-dealkylation sites (tertiary alicyclic amines) is 1. The van der Waals surface area contributed by atoms with Gasteiger partial charge in [-0.05, 0) is 30.7 Å². The molecule has 1 aliphatic heterocycles. The molecule has 2 aromatic carbocycles. The zero-order valence-corrected chi connectivity index (χ0v) is 17.7. The van der Waals surface area contributed by atoms with Crippen LogP contribution >= 0.6 is 11.6 Å². The lowest BCUT2D eigenvalue weighted by atomic mass is 10.1. The number of halogens is 4. The van der Waals surface area contributed by atoms with Crippen LogP contribution in [0.4, 0.5) is 13.2 Å². The van der Waals surface area contributed by atoms with E-state index in [-0.39, 0.29) is 23.5 Å². The highest BCUT2D eigenvalue weighted by atomic mass is 35.5. The number of aromatic nitrogens is 5. The van der Waals surface area contributed by atoms with Gasteiger partial charge in [-0.2, -0.15) is 28.2 Å². The van der Waals surface area contributed by atoms with Crippen LogP contribution in [0.3, 0.4) is 0 Å². The van der Waals surface area contributed by atoms with Gasteiger partial charge in [-0.15, -0.1) is 0 Å². The Labute approximate surface area is 190 Å². The predicted molar refractivity (Wildman–Crippen MR) is 115 cm³/mol. The van der Waals surface area contributed by atoms with Crippen LogP contribution in [0.15, 0.2) is 60.9 Å². The summed E-state index contributed by atoms with van der Waals surface area (Å²) in [7, 11) is 0. The van der Waals surface area contributed by atoms with E-state index in [1.807, 2.05) is 0 Å². The normalized spacial score (nSPS) is 16.7. The zero-order valence-electron chi connectivity index (χ0n) is 17.0. The van der Waals surface area contributed by atoms with Crippen molar-refractivity contribution >= 4 is 28.5 Å². The van der Waals surface area contributed by atoms with Crippen LogP contribution in [0.5, 0.6) is 0 Å². The van der Waals surface area contributed by atoms with Gasteiger partial charge in [0.1, 0.15) is 5.82 Å². The number of H-pyrrole nitrogens is 1. The van der Waals surface area contributed by atoms with Gasteiger partial charge in [-0.3, -0.25) is 4.79 Å². The lowest BCUT2D eigenvalue weighted by Crippen LogP contribution is -2.32. The van der Waals surface area contributed by atoms with E-state index in [1.165, 1.54) is 23.3 Å². The monoisotopic (exact) mass is 472 g/mol. The maximum Gasteiger partial charge on any atom is 0.417 e. The number of fused-ring (bicyclic) bond motifs is 1. The number of carbonyl (C=O) groups excluding carboxylic acids is 1. The van der Waals surface area contributed by atoms with Crippen molar-refractivity contribution in [3.8, 4) is 5.69 Å². The number of amides is 1. The van der Waals surface area contributed by atoms with Gasteiger partial charge in [-0.25, -0.2) is 4.98 Å². The number of rotatable bonds is 3. The molecule has 4 aromatic rings. The molecule has 1 fully saturated rings. The number of imidazole rings is 1. The SMILES string of the molecule is C=C1CC(c2nc3cc(Cl)c(C(F)(F)F)cc3[nH]2)N(C(=O)c2ccccc2-n2nccn2)C1. The summed E-state index contributed by atoms with van der Waals surface area (Å²) in [5.74, 6) is 0.0723. The van der Waals surface area contributed by atoms with E-state index in [4.69, 9.17) is 11.6 Å². The molecule has 0 spiro atoms. The molecule has 5 rings (SSSR count). The molecular weight excluding hydrogens is 457 g/mol. The fraction of sp³-hybridized carbons (Fsp3) is 0.182. The van der Waals surface area contributed by atoms with Crippen LogP contribution in [0.2, 0.25) is 5.02 Å². The van der Waals surface area contributed by atoms with Gasteiger partial charge in [0.25, 0.3) is 5.91 Å². The molecule has 1 atom stereocenters. The summed E-state index contributed by atoms with van der Waals surface area (Å²) in [4.78, 5) is 23.9. The summed E-state index contributed by atoms with van der Waals surface area (Å²) in [5.41, 5.74) is 1.22. The number of nitrogens with zero attached hydrogens (tertiary/aromatic N) is 5. The molecule has 2 aromatic heterocycles. The molecular formula is C22H16ClF3N6O. The number of benzene rings is 2. The maximum absolute atomic E-state index is 13.6. The fourth-order valence-corrected chi connectivity index (χ4v) is 4.27. The average Bonchev–Trinajstić information content (AvgIpc) is 3.51. The van der Waals surface area contributed by atoms with E-state index < -0.39 is 22.8 Å². The summed E-state index contributed by atoms with van der Waals surface area (Å²) < 4.78 is 39.8. The highest BCUT2D eigenvalue weighted by molar-refractivity contribution is 6.32. The van der Waals surface area contributed by atoms with Gasteiger partial charge in [0.05, 0.1) is 51.3 Å². The van der Waals surface area contributed by atoms with Gasteiger partial charge in [-0.1, -0.05) is 35.9 Å². The molecule has 7 nitrogen and oxygen atoms in total. The number of aromatic amines is 1. The zero-order chi connectivity index (χ0) is 23.3. The summed E-state index contributed by atoms with van der Waals surface area (Å²) in [6.45, 7) is 4.30. The third kappa shape index (κ3) is 3.76. The van der Waals surface area contributed by atoms with Crippen molar-refractivity contribution in [3.63, 3.8) is 0 Å². The Hall–Kier alpha value is -3.66. The van der Waals surface area contributed by atoms with Crippen LogP contribution in [0.1, 0.15) is 34.2 Å². The van der Waals surface area contributed by atoms with Crippen molar-refractivity contribution in [1.82, 2.24) is 29.9 Å². The molecule has 168 valence electrons. The highest BCUT2D eigenvalue weighted by Crippen LogP contribution is 2.39. The molecule has 1 amide bonds. The first-order valence-corrected chi connectivity index (χ1v) is 10.3. The summed E-state index contributed by atoms with van der Waals surface area (Å²) in [6, 6.07) is 8.50. The second kappa shape index (κ2) is 7.73. The van der Waals surface area contributed by atoms with Gasteiger partial charge in [0.2, 0.25) is 0 Å². The number of para-hydroxylation sites is 1. The number of nitrogens with one attached hydrogen (secondary N) is 1. The van der Waals surface area contributed by atoms with Crippen molar-refractivity contribution in [1.29, 1.82) is 0 Å². The van der Waals surface area contributed by atoms with E-state index in [0.29, 0.717) is 23.5 Å². The molecule has 33 heavy (non-hydrogen) atoms. The Morgan fingerprint density at radius 2 is 1.91 bits per heavy atom. The lowest BCUT2D eigenvalue weighted by molar-refractivity contribution is -0.137. The van der Waals surface area contributed by atoms with Gasteiger partial charge in [0.15, 0.2) is 0 Å². The second-order valence-corrected chi connectivity index (χ2v) is 8.11. The fourth-order valence-electron chi connectivity index (χ4n) is 4.01. The largest absolute Gasteiger partial charge is 0.417 e. The van der Waals surface area contributed by atoms with Gasteiger partial charge in [0, 0.05) is 6.54 Å². The Morgan fingerprint density at radius 1 is 1.18 bits per heavy atom. The summed E-state index contributed by atoms with van der Waals surface area (Å²) >= 11 is 5.84. The maximum atomic E-state index is 13.6. The molecule has 3 heterocycles. The molecule has 0 bridgehead atoms. The predicted octanol–water partition coefficient (Wildman–Crippen LogP) is 4.96. The topological polar surface area (TPSA) is 79.7 Å². The first-order chi connectivity index (χ1) is 15.7. The van der Waals surface area contributed by atoms with Crippen LogP contribution < -0.4 is 0 Å². The number of hydrogen-bond donors (Lipinski definition) is 1. The standard InChI is InChI=1S/C22H16ClF3N6O/c1-12-8-19(20-29-16-9-14(22(24,25)26)15(23)10-17(16)30-20)31(11-12)21(33)13-4-2-3-5-18(13)32-27-6-7-28-32/h2-7,9-10,19H,1,8,11H2,(H,29,30). The summed E-state index contributed by atoms with van der Waals surface area (Å²) in [6.07, 6.45) is -1.15. The quantitative estimate of drug-likeness (QED) is 0.427. The second-order valence-electron chi connectivity index (χ2n) is 7.71. The first kappa shape index (κ1) is 21.2. The number of alkyl halides is 3. The van der Waals surface area contributed by atoms with Gasteiger partial charge >= 0.3 is 6.18 Å². The Kier molecular flexibility index (Phi) is 4.97. The lowest BCUT2D eigenvalue weighted by Gasteiger charge is -2.23. The number of hydrogen-bond acceptors (Lipinski definition) is 4. The third-order valence-electron chi connectivity index (χ3n) is 5.49. The Balaban J connectivity index is 1.54. The molecule has 1 N–H and O–H groups in total. The van der Waals surface area contributed by atoms with Crippen molar-refractivity contribution in [3.05, 3.63) is 82.9 Å². The van der Waals surface area contributed by atoms with Gasteiger partial charge < -0.3 is 9.88 Å². The molecule has 0 saturated carbocycles. The molecule has 0 radical (unpaired) electrons. The molecule has 1 saturated heterocycles. The van der Waals surface area contributed by atoms with Crippen LogP contribution in [-0.4, -0.2) is 42.3 Å². The van der Waals surface area contributed by atoms with Crippen molar-refractivity contribution in [2.24, 2.45) is 0 Å². The van der Waals surface area contributed by atoms with E-state index in [9.17, 15) is 18.0 Å². The van der Waals surface area contributed by atoms with E-state index in [0.717, 1.165) is 11.6 Å². The van der Waals surface area contributed by atoms with E-state index in [2.05, 4.69) is 26.7 Å². The minimum absolute atomic E-state index is 0.188. The van der Waals surface area contributed by atoms with Crippen molar-refractivity contribution in [2.75, 3.05) is 6.54 Å². The number of carbonyl (C=O) groups is 1. The molecule has 1 unspecified atom stereocenters. The third-order valence-corrected chi connectivity index (χ3v) is 5.80. The van der Waals surface area contributed by atoms with Crippen molar-refractivity contribution < 1.29 is 18.0 Å². The average molecular weight is 473 g/mol. The first-order valence-electron chi connectivity index (χ1n) is 9.92. The molecule has 0 aliphatic carbocycles. The van der Waals surface area contributed by atoms with E-state index in [1.54, 1.807) is 29.2 Å². The molecule has 1 aliphatic rings.